The summed E-state index contributed by atoms with van der Waals surface area (Å²) in [6, 6.07) is 17.5. The van der Waals surface area contributed by atoms with Crippen LogP contribution in [0.25, 0.3) is 0 Å². The van der Waals surface area contributed by atoms with Crippen molar-refractivity contribution in [1.29, 1.82) is 0 Å². The molecule has 0 saturated carbocycles. The molecule has 1 saturated heterocycles. The molecule has 0 bridgehead atoms. The van der Waals surface area contributed by atoms with Gasteiger partial charge in [-0.05, 0) is 66.7 Å². The van der Waals surface area contributed by atoms with E-state index in [0.717, 1.165) is 4.47 Å². The van der Waals surface area contributed by atoms with Crippen molar-refractivity contribution in [3.05, 3.63) is 87.4 Å². The summed E-state index contributed by atoms with van der Waals surface area (Å²) < 4.78 is 16.7. The molecule has 1 amide bonds. The second-order valence-corrected chi connectivity index (χ2v) is 9.53. The Bertz CT molecular complexity index is 1340. The second-order valence-electron chi connectivity index (χ2n) is 8.17. The molecule has 1 atom stereocenters. The number of hydrogen-bond donors (Lipinski definition) is 0. The third-order valence-electron chi connectivity index (χ3n) is 5.70. The van der Waals surface area contributed by atoms with E-state index in [0.29, 0.717) is 22.0 Å². The van der Waals surface area contributed by atoms with Crippen molar-refractivity contribution in [3.8, 4) is 11.5 Å². The number of ether oxygens (including phenoxy) is 3. The lowest BCUT2D eigenvalue weighted by Crippen LogP contribution is -2.27. The number of anilines is 1. The monoisotopic (exact) mass is 585 g/mol. The lowest BCUT2D eigenvalue weighted by Gasteiger charge is -2.19. The van der Waals surface area contributed by atoms with E-state index in [1.54, 1.807) is 42.5 Å². The molecule has 0 aliphatic carbocycles. The maximum atomic E-state index is 12.6. The Morgan fingerprint density at radius 1 is 1.00 bits per heavy atom. The second kappa shape index (κ2) is 11.6. The number of rotatable bonds is 8. The molecule has 0 unspecified atom stereocenters. The molecule has 190 valence electrons. The fourth-order valence-corrected chi connectivity index (χ4v) is 4.20. The minimum Gasteiger partial charge on any atom is -0.495 e. The van der Waals surface area contributed by atoms with E-state index in [9.17, 15) is 19.2 Å². The summed E-state index contributed by atoms with van der Waals surface area (Å²) in [7, 11) is 1.48. The van der Waals surface area contributed by atoms with Crippen LogP contribution in [0.5, 0.6) is 11.5 Å². The molecule has 0 radical (unpaired) electrons. The van der Waals surface area contributed by atoms with Gasteiger partial charge >= 0.3 is 11.9 Å². The van der Waals surface area contributed by atoms with Crippen molar-refractivity contribution in [2.24, 2.45) is 5.92 Å². The van der Waals surface area contributed by atoms with Gasteiger partial charge in [-0.3, -0.25) is 14.4 Å². The smallest absolute Gasteiger partial charge is 0.343 e. The van der Waals surface area contributed by atoms with Crippen molar-refractivity contribution in [3.63, 3.8) is 0 Å². The van der Waals surface area contributed by atoms with Crippen molar-refractivity contribution >= 4 is 56.8 Å². The molecular weight excluding hydrogens is 566 g/mol. The van der Waals surface area contributed by atoms with Gasteiger partial charge in [-0.15, -0.1) is 0 Å². The predicted molar refractivity (Wildman–Crippen MR) is 139 cm³/mol. The number of Topliss-reactive ketones (excluding diaryl/α,β-unsaturated/α-hetero) is 1. The standard InChI is InChI=1S/C27H21BrClNO7/c1-35-24-11-8-20(29)13-22(24)30-14-18(12-25(30)32)26(33)36-15-23(31)16-4-9-21(10-5-16)37-27(34)17-2-6-19(28)7-3-17/h2-11,13,18H,12,14-15H2,1H3/t18-/m1/s1. The molecule has 37 heavy (non-hydrogen) atoms. The first-order valence-electron chi connectivity index (χ1n) is 11.2. The Morgan fingerprint density at radius 3 is 2.35 bits per heavy atom. The highest BCUT2D eigenvalue weighted by Gasteiger charge is 2.37. The topological polar surface area (TPSA) is 99.2 Å². The van der Waals surface area contributed by atoms with Gasteiger partial charge in [0, 0.05) is 28.0 Å². The molecule has 3 aromatic rings. The summed E-state index contributed by atoms with van der Waals surface area (Å²) in [4.78, 5) is 51.3. The average molecular weight is 587 g/mol. The van der Waals surface area contributed by atoms with E-state index in [2.05, 4.69) is 15.9 Å². The summed E-state index contributed by atoms with van der Waals surface area (Å²) in [5, 5.41) is 0.425. The molecule has 3 aromatic carbocycles. The van der Waals surface area contributed by atoms with Crippen LogP contribution in [-0.2, 0) is 14.3 Å². The summed E-state index contributed by atoms with van der Waals surface area (Å²) in [6.45, 7) is -0.400. The minimum absolute atomic E-state index is 0.0544. The number of methoxy groups -OCH3 is 1. The van der Waals surface area contributed by atoms with Crippen LogP contribution < -0.4 is 14.4 Å². The van der Waals surface area contributed by atoms with E-state index in [1.807, 2.05) is 0 Å². The largest absolute Gasteiger partial charge is 0.495 e. The van der Waals surface area contributed by atoms with E-state index in [1.165, 1.54) is 36.3 Å². The molecule has 0 aromatic heterocycles. The minimum atomic E-state index is -0.732. The molecule has 0 N–H and O–H groups in total. The van der Waals surface area contributed by atoms with Gasteiger partial charge < -0.3 is 19.1 Å². The summed E-state index contributed by atoms with van der Waals surface area (Å²) in [5.74, 6) is -1.90. The molecule has 8 nitrogen and oxygen atoms in total. The van der Waals surface area contributed by atoms with Crippen LogP contribution in [0.4, 0.5) is 5.69 Å². The number of nitrogens with zero attached hydrogens (tertiary/aromatic N) is 1. The molecule has 1 heterocycles. The molecule has 4 rings (SSSR count). The van der Waals surface area contributed by atoms with Gasteiger partial charge in [-0.2, -0.15) is 0 Å². The Balaban J connectivity index is 1.31. The normalized spacial score (nSPS) is 14.8. The van der Waals surface area contributed by atoms with Crippen molar-refractivity contribution in [2.75, 3.05) is 25.2 Å². The van der Waals surface area contributed by atoms with Gasteiger partial charge in [0.1, 0.15) is 11.5 Å². The maximum absolute atomic E-state index is 12.6. The third kappa shape index (κ3) is 6.36. The molecular formula is C27H21BrClNO7. The molecule has 1 aliphatic heterocycles. The highest BCUT2D eigenvalue weighted by Crippen LogP contribution is 2.35. The van der Waals surface area contributed by atoms with E-state index in [4.69, 9.17) is 25.8 Å². The number of halogens is 2. The Hall–Kier alpha value is -3.69. The zero-order chi connectivity index (χ0) is 26.5. The summed E-state index contributed by atoms with van der Waals surface area (Å²) in [6.07, 6.45) is -0.0544. The van der Waals surface area contributed by atoms with Gasteiger partial charge in [0.15, 0.2) is 12.4 Å². The van der Waals surface area contributed by atoms with Crippen LogP contribution in [0.2, 0.25) is 5.02 Å². The molecule has 10 heteroatoms. The summed E-state index contributed by atoms with van der Waals surface area (Å²) in [5.41, 5.74) is 1.13. The van der Waals surface area contributed by atoms with Crippen molar-refractivity contribution in [2.45, 2.75) is 6.42 Å². The van der Waals surface area contributed by atoms with Crippen LogP contribution in [0.3, 0.4) is 0 Å². The predicted octanol–water partition coefficient (Wildman–Crippen LogP) is 5.11. The SMILES string of the molecule is COc1ccc(Cl)cc1N1C[C@H](C(=O)OCC(=O)c2ccc(OC(=O)c3ccc(Br)cc3)cc2)CC1=O. The number of hydrogen-bond acceptors (Lipinski definition) is 7. The number of amides is 1. The van der Waals surface area contributed by atoms with Gasteiger partial charge in [0.2, 0.25) is 5.91 Å². The number of carbonyl (C=O) groups excluding carboxylic acids is 4. The first-order chi connectivity index (χ1) is 17.7. The zero-order valence-electron chi connectivity index (χ0n) is 19.6. The Labute approximate surface area is 226 Å². The lowest BCUT2D eigenvalue weighted by atomic mass is 10.1. The van der Waals surface area contributed by atoms with Gasteiger partial charge in [0.05, 0.1) is 24.3 Å². The van der Waals surface area contributed by atoms with Crippen LogP contribution in [0, 0.1) is 5.92 Å². The zero-order valence-corrected chi connectivity index (χ0v) is 22.0. The maximum Gasteiger partial charge on any atom is 0.343 e. The first kappa shape index (κ1) is 26.4. The molecule has 1 fully saturated rings. The Kier molecular flexibility index (Phi) is 8.25. The molecule has 1 aliphatic rings. The first-order valence-corrected chi connectivity index (χ1v) is 12.3. The third-order valence-corrected chi connectivity index (χ3v) is 6.47. The van der Waals surface area contributed by atoms with Gasteiger partial charge in [-0.25, -0.2) is 4.79 Å². The lowest BCUT2D eigenvalue weighted by molar-refractivity contribution is -0.147. The van der Waals surface area contributed by atoms with Gasteiger partial charge in [-0.1, -0.05) is 27.5 Å². The fourth-order valence-electron chi connectivity index (χ4n) is 3.77. The number of benzene rings is 3. The van der Waals surface area contributed by atoms with E-state index >= 15 is 0 Å². The quantitative estimate of drug-likeness (QED) is 0.205. The Morgan fingerprint density at radius 2 is 1.68 bits per heavy atom. The van der Waals surface area contributed by atoms with Gasteiger partial charge in [0.25, 0.3) is 0 Å². The average Bonchev–Trinajstić information content (AvgIpc) is 3.29. The van der Waals surface area contributed by atoms with Crippen molar-refractivity contribution in [1.82, 2.24) is 0 Å². The van der Waals surface area contributed by atoms with Crippen LogP contribution >= 0.6 is 27.5 Å². The van der Waals surface area contributed by atoms with Crippen LogP contribution in [-0.4, -0.2) is 43.9 Å². The van der Waals surface area contributed by atoms with Crippen LogP contribution in [0.15, 0.2) is 71.2 Å². The summed E-state index contributed by atoms with van der Waals surface area (Å²) >= 11 is 9.37. The number of esters is 2. The van der Waals surface area contributed by atoms with E-state index in [-0.39, 0.29) is 30.2 Å². The number of ketones is 1. The number of carbonyl (C=O) groups is 4. The van der Waals surface area contributed by atoms with Crippen LogP contribution in [0.1, 0.15) is 27.1 Å². The highest BCUT2D eigenvalue weighted by molar-refractivity contribution is 9.10. The van der Waals surface area contributed by atoms with E-state index < -0.39 is 30.2 Å². The highest BCUT2D eigenvalue weighted by atomic mass is 79.9. The molecule has 0 spiro atoms. The fraction of sp³-hybridized carbons (Fsp3) is 0.185. The van der Waals surface area contributed by atoms with Crippen molar-refractivity contribution < 1.29 is 33.4 Å².